The quantitative estimate of drug-likeness (QED) is 0.0784. The van der Waals surface area contributed by atoms with Gasteiger partial charge in [-0.2, -0.15) is 0 Å². The molecule has 0 aromatic carbocycles. The normalized spacial score (nSPS) is 36.6. The topological polar surface area (TPSA) is 312 Å². The molecule has 5 heterocycles. The lowest BCUT2D eigenvalue weighted by atomic mass is 9.94. The number of amides is 6. The van der Waals surface area contributed by atoms with Crippen LogP contribution in [0.2, 0.25) is 0 Å². The number of β-amino-alcohol motifs (C(OH)–C–C–N with tert-alkyl or cyclic N) is 1. The molecule has 5 rings (SSSR count). The first-order chi connectivity index (χ1) is 31.6. The van der Waals surface area contributed by atoms with E-state index in [0.29, 0.717) is 18.8 Å². The Labute approximate surface area is 397 Å². The second-order valence-electron chi connectivity index (χ2n) is 20.6. The van der Waals surface area contributed by atoms with Crippen molar-refractivity contribution in [3.8, 4) is 0 Å². The summed E-state index contributed by atoms with van der Waals surface area (Å²) in [7, 11) is 0. The molecule has 0 spiro atoms. The lowest BCUT2D eigenvalue weighted by Gasteiger charge is -2.48. The minimum absolute atomic E-state index is 0.0101. The van der Waals surface area contributed by atoms with Gasteiger partial charge in [-0.25, -0.2) is 25.8 Å². The number of ether oxygens (including phenoxy) is 2. The van der Waals surface area contributed by atoms with Gasteiger partial charge in [-0.1, -0.05) is 54.9 Å². The van der Waals surface area contributed by atoms with Crippen LogP contribution in [0.4, 0.5) is 0 Å². The molecule has 5 aliphatic rings. The van der Waals surface area contributed by atoms with Crippen molar-refractivity contribution in [3.05, 3.63) is 0 Å². The summed E-state index contributed by atoms with van der Waals surface area (Å²) >= 11 is 0. The van der Waals surface area contributed by atoms with Gasteiger partial charge in [-0.3, -0.25) is 49.2 Å². The van der Waals surface area contributed by atoms with Gasteiger partial charge in [0.05, 0.1) is 17.8 Å². The van der Waals surface area contributed by atoms with Crippen LogP contribution in [0, 0.1) is 23.7 Å². The molecule has 14 atom stereocenters. The van der Waals surface area contributed by atoms with E-state index in [9.17, 15) is 59.6 Å². The second-order valence-corrected chi connectivity index (χ2v) is 20.6. The minimum Gasteiger partial charge on any atom is -0.458 e. The molecule has 0 radical (unpaired) electrons. The summed E-state index contributed by atoms with van der Waals surface area (Å²) in [5.41, 5.74) is 0.710. The molecule has 386 valence electrons. The molecule has 0 aromatic rings. The van der Waals surface area contributed by atoms with Crippen LogP contribution >= 0.6 is 0 Å². The summed E-state index contributed by atoms with van der Waals surface area (Å²) < 4.78 is 12.2. The van der Waals surface area contributed by atoms with E-state index < -0.39 is 125 Å². The number of hydrogen-bond donors (Lipinski definition) is 9. The predicted octanol–water partition coefficient (Wildman–Crippen LogP) is -0.704. The molecule has 5 saturated heterocycles. The van der Waals surface area contributed by atoms with Gasteiger partial charge in [-0.05, 0) is 83.0 Å². The van der Waals surface area contributed by atoms with Crippen molar-refractivity contribution in [2.75, 3.05) is 19.6 Å². The Morgan fingerprint density at radius 2 is 1.53 bits per heavy atom. The fourth-order valence-corrected chi connectivity index (χ4v) is 10.1. The van der Waals surface area contributed by atoms with Crippen molar-refractivity contribution in [2.24, 2.45) is 23.7 Å². The zero-order valence-corrected chi connectivity index (χ0v) is 41.1. The van der Waals surface area contributed by atoms with Gasteiger partial charge in [0, 0.05) is 32.5 Å². The van der Waals surface area contributed by atoms with E-state index in [1.54, 1.807) is 0 Å². The van der Waals surface area contributed by atoms with E-state index in [-0.39, 0.29) is 67.8 Å². The smallest absolute Gasteiger partial charge is 0.332 e. The lowest BCUT2D eigenvalue weighted by molar-refractivity contribution is -0.329. The van der Waals surface area contributed by atoms with Gasteiger partial charge in [0.1, 0.15) is 36.3 Å². The first kappa shape index (κ1) is 54.9. The monoisotopic (exact) mass is 982 g/mol. The third kappa shape index (κ3) is 10.8. The number of hydrazine groups is 2. The molecule has 5 fully saturated rings. The average molecular weight is 982 g/mol. The van der Waals surface area contributed by atoms with Crippen LogP contribution in [0.25, 0.3) is 0 Å². The van der Waals surface area contributed by atoms with E-state index in [1.165, 1.54) is 34.6 Å². The van der Waals surface area contributed by atoms with Crippen molar-refractivity contribution in [1.82, 2.24) is 41.2 Å². The second kappa shape index (κ2) is 21.5. The highest BCUT2D eigenvalue weighted by Crippen LogP contribution is 2.42. The maximum Gasteiger partial charge on any atom is 0.332 e. The van der Waals surface area contributed by atoms with Crippen molar-refractivity contribution in [3.63, 3.8) is 0 Å². The molecule has 6 amide bonds. The zero-order chi connectivity index (χ0) is 51.0. The average Bonchev–Trinajstić information content (AvgIpc) is 3.62. The van der Waals surface area contributed by atoms with Gasteiger partial charge >= 0.3 is 5.97 Å². The molecular formula is C45H76N8O15. The van der Waals surface area contributed by atoms with E-state index in [4.69, 9.17) is 9.47 Å². The Morgan fingerprint density at radius 3 is 2.13 bits per heavy atom. The van der Waals surface area contributed by atoms with Gasteiger partial charge in [0.15, 0.2) is 11.6 Å². The molecule has 0 saturated carbocycles. The van der Waals surface area contributed by atoms with Crippen LogP contribution in [0.3, 0.4) is 0 Å². The summed E-state index contributed by atoms with van der Waals surface area (Å²) in [5.74, 6) is -12.1. The Bertz CT molecular complexity index is 1890. The molecule has 0 aliphatic carbocycles. The van der Waals surface area contributed by atoms with E-state index in [1.807, 2.05) is 6.92 Å². The first-order valence-corrected chi connectivity index (χ1v) is 24.2. The minimum atomic E-state index is -2.76. The number of rotatable bonds is 9. The highest BCUT2D eigenvalue weighted by Gasteiger charge is 2.59. The van der Waals surface area contributed by atoms with Crippen molar-refractivity contribution < 1.29 is 73.9 Å². The number of carbonyl (C=O) groups excluding carboxylic acids is 7. The fraction of sp³-hybridized carbons (Fsp3) is 0.844. The SMILES string of the molecule is CC[C@H](C)C[13C@H]1[13CH2][13CH2][13C@](O)([C@]([13CH3])(O)C(=O)N[C@@H]2C(=O)N3N[13CH2][13CH2]C[13C@@H]3[13C](=O)N(O)[C@@H](C)C(=O)N3N[13CH2][13C@H](O)C[13C@@H]3[13C](=O)N3CC[C@@](C)(O)[C@H]3C(=O)N(O)[C@@H](C(C)C)C(=O)O[C@H]2C(C)C)O[C@@H]1CC. The Morgan fingerprint density at radius 1 is 0.882 bits per heavy atom. The standard InChI is InChI=1S/C45H76N8O15/c1-11-25(7)20-27-15-16-45(64,68-31(27)12-2)44(10,63)42(61)48-32-34(24(5)6)67-41(60)33(23(3)4)53(66)40(59)35-43(9,62)17-19-49(35)37(56)30-21-28(54)22-47-51(30)36(55)26(8)52(65)38(57)29-14-13-18-46-50(29)39(32)58/h23-35,46-47,54,62-66H,11-22H2,1-10H3,(H,48,61)/t25-,26-,27+,28+,29+,30+,31+,32-,33-,34-,35+,43+,44+,45+/m0/s1/i10+1,13+1,15+1,16+1,18+1,22+1,27+1,28+1,29+1,30+1,37+1,38+1,45+1. The third-order valence-electron chi connectivity index (χ3n) is 14.7. The molecule has 0 unspecified atom stereocenters. The molecular weight excluding hydrogens is 905 g/mol. The fourth-order valence-electron chi connectivity index (χ4n) is 10.1. The highest BCUT2D eigenvalue weighted by atomic mass is 16.8. The van der Waals surface area contributed by atoms with E-state index in [2.05, 4.69) is 30.0 Å². The van der Waals surface area contributed by atoms with Crippen LogP contribution in [0.1, 0.15) is 127 Å². The number of carbonyl (C=O) groups is 7. The van der Waals surface area contributed by atoms with Gasteiger partial charge in [-0.15, -0.1) is 0 Å². The van der Waals surface area contributed by atoms with E-state index >= 15 is 4.79 Å². The highest BCUT2D eigenvalue weighted by molar-refractivity contribution is 5.98. The Balaban J connectivity index is 1.62. The van der Waals surface area contributed by atoms with Crippen LogP contribution in [-0.2, 0) is 43.0 Å². The molecule has 23 nitrogen and oxygen atoms in total. The van der Waals surface area contributed by atoms with Crippen LogP contribution in [-0.4, -0.2) is 188 Å². The molecule has 9 N–H and O–H groups in total. The zero-order valence-electron chi connectivity index (χ0n) is 41.1. The molecule has 68 heavy (non-hydrogen) atoms. The number of aliphatic hydroxyl groups is 4. The molecule has 23 heteroatoms. The maximum absolute atomic E-state index is 15.1. The van der Waals surface area contributed by atoms with Crippen molar-refractivity contribution in [2.45, 2.75) is 199 Å². The number of hydroxylamine groups is 4. The summed E-state index contributed by atoms with van der Waals surface area (Å²) in [6.07, 6.45) is -1.48. The Kier molecular flexibility index (Phi) is 17.4. The molecule has 0 bridgehead atoms. The summed E-state index contributed by atoms with van der Waals surface area (Å²) in [6, 6.07) is -10.6. The summed E-state index contributed by atoms with van der Waals surface area (Å²) in [5, 5.41) is 73.8. The van der Waals surface area contributed by atoms with Crippen LogP contribution in [0.5, 0.6) is 0 Å². The number of cyclic esters (lactones) is 1. The van der Waals surface area contributed by atoms with Crippen LogP contribution < -0.4 is 16.2 Å². The molecule has 0 aromatic heterocycles. The number of esters is 1. The molecule has 5 aliphatic heterocycles. The Hall–Kier alpha value is -4.07. The third-order valence-corrected chi connectivity index (χ3v) is 14.7. The first-order valence-electron chi connectivity index (χ1n) is 24.2. The maximum atomic E-state index is 15.1. The predicted molar refractivity (Wildman–Crippen MR) is 237 cm³/mol. The van der Waals surface area contributed by atoms with E-state index in [0.717, 1.165) is 41.6 Å². The summed E-state index contributed by atoms with van der Waals surface area (Å²) in [6.45, 7) is 15.0. The van der Waals surface area contributed by atoms with Crippen molar-refractivity contribution in [1.29, 1.82) is 0 Å². The van der Waals surface area contributed by atoms with Crippen LogP contribution in [0.15, 0.2) is 0 Å². The van der Waals surface area contributed by atoms with Gasteiger partial charge in [0.2, 0.25) is 11.7 Å². The number of aliphatic hydroxyl groups excluding tert-OH is 1. The number of fused-ring (bicyclic) bond motifs is 3. The number of nitrogens with zero attached hydrogens (tertiary/aromatic N) is 5. The number of hydrogen-bond acceptors (Lipinski definition) is 17. The largest absolute Gasteiger partial charge is 0.458 e. The number of nitrogens with one attached hydrogen (secondary N) is 3. The summed E-state index contributed by atoms with van der Waals surface area (Å²) in [4.78, 5) is 103. The van der Waals surface area contributed by atoms with Gasteiger partial charge < -0.3 is 40.1 Å². The van der Waals surface area contributed by atoms with Crippen molar-refractivity contribution >= 4 is 41.4 Å². The lowest BCUT2D eigenvalue weighted by Crippen LogP contribution is -2.70. The van der Waals surface area contributed by atoms with Gasteiger partial charge in [0.25, 0.3) is 29.5 Å².